The van der Waals surface area contributed by atoms with Crippen LogP contribution in [0.2, 0.25) is 0 Å². The Hall–Kier alpha value is -2.88. The summed E-state index contributed by atoms with van der Waals surface area (Å²) >= 11 is 3.15. The van der Waals surface area contributed by atoms with Crippen molar-refractivity contribution in [2.24, 2.45) is 0 Å². The number of thiophene rings is 1. The molecule has 158 valence electrons. The Morgan fingerprint density at radius 1 is 1.06 bits per heavy atom. The molecule has 1 aromatic carbocycles. The summed E-state index contributed by atoms with van der Waals surface area (Å²) in [7, 11) is 0. The standard InChI is InChI=1S/C22H21N5O2S2/c1-15-4-6-16(7-5-15)20-24-19(29-25-20)13-26-8-10-27(11-9-26)22(28)17-14-31-21(23-17)18-3-2-12-30-18/h2-7,12,14H,8-11,13H2,1H3. The van der Waals surface area contributed by atoms with Gasteiger partial charge in [0.2, 0.25) is 11.7 Å². The van der Waals surface area contributed by atoms with Crippen molar-refractivity contribution in [3.8, 4) is 21.3 Å². The molecule has 0 N–H and O–H groups in total. The fraction of sp³-hybridized carbons (Fsp3) is 0.273. The van der Waals surface area contributed by atoms with Crippen molar-refractivity contribution in [2.75, 3.05) is 26.2 Å². The van der Waals surface area contributed by atoms with Crippen LogP contribution in [0.4, 0.5) is 0 Å². The molecule has 1 amide bonds. The highest BCUT2D eigenvalue weighted by molar-refractivity contribution is 7.20. The maximum Gasteiger partial charge on any atom is 0.273 e. The average Bonchev–Trinajstić information content (AvgIpc) is 3.55. The molecule has 1 aliphatic rings. The molecule has 1 aliphatic heterocycles. The normalized spacial score (nSPS) is 14.8. The van der Waals surface area contributed by atoms with E-state index in [0.29, 0.717) is 37.0 Å². The first-order chi connectivity index (χ1) is 15.2. The molecule has 0 spiro atoms. The smallest absolute Gasteiger partial charge is 0.273 e. The van der Waals surface area contributed by atoms with E-state index in [1.165, 1.54) is 16.9 Å². The molecule has 0 atom stereocenters. The molecule has 4 heterocycles. The van der Waals surface area contributed by atoms with Crippen LogP contribution in [0, 0.1) is 6.92 Å². The fourth-order valence-electron chi connectivity index (χ4n) is 3.49. The predicted molar refractivity (Wildman–Crippen MR) is 121 cm³/mol. The third-order valence-corrected chi connectivity index (χ3v) is 7.13. The lowest BCUT2D eigenvalue weighted by Crippen LogP contribution is -2.48. The zero-order valence-electron chi connectivity index (χ0n) is 17.0. The largest absolute Gasteiger partial charge is 0.338 e. The number of carbonyl (C=O) groups excluding carboxylic acids is 1. The average molecular weight is 452 g/mol. The maximum absolute atomic E-state index is 12.8. The topological polar surface area (TPSA) is 75.4 Å². The number of rotatable bonds is 5. The summed E-state index contributed by atoms with van der Waals surface area (Å²) in [6.07, 6.45) is 0. The lowest BCUT2D eigenvalue weighted by molar-refractivity contribution is 0.0610. The first-order valence-corrected chi connectivity index (χ1v) is 11.8. The first kappa shape index (κ1) is 20.0. The van der Waals surface area contributed by atoms with Gasteiger partial charge >= 0.3 is 0 Å². The van der Waals surface area contributed by atoms with Crippen LogP contribution in [-0.2, 0) is 6.54 Å². The zero-order chi connectivity index (χ0) is 21.2. The minimum atomic E-state index is -0.00171. The minimum absolute atomic E-state index is 0.00171. The number of aromatic nitrogens is 3. The molecule has 4 aromatic rings. The van der Waals surface area contributed by atoms with Gasteiger partial charge in [0.1, 0.15) is 10.7 Å². The molecule has 9 heteroatoms. The molecule has 0 bridgehead atoms. The quantitative estimate of drug-likeness (QED) is 0.453. The van der Waals surface area contributed by atoms with Crippen molar-refractivity contribution in [1.82, 2.24) is 24.9 Å². The molecule has 5 rings (SSSR count). The van der Waals surface area contributed by atoms with Gasteiger partial charge in [0.15, 0.2) is 0 Å². The van der Waals surface area contributed by atoms with Gasteiger partial charge in [0.05, 0.1) is 11.4 Å². The third kappa shape index (κ3) is 4.43. The van der Waals surface area contributed by atoms with Gasteiger partial charge in [0, 0.05) is 37.1 Å². The van der Waals surface area contributed by atoms with E-state index in [1.807, 2.05) is 59.0 Å². The van der Waals surface area contributed by atoms with Crippen LogP contribution >= 0.6 is 22.7 Å². The number of carbonyl (C=O) groups is 1. The van der Waals surface area contributed by atoms with Crippen molar-refractivity contribution < 1.29 is 9.32 Å². The van der Waals surface area contributed by atoms with Gasteiger partial charge in [-0.2, -0.15) is 4.98 Å². The van der Waals surface area contributed by atoms with Gasteiger partial charge in [-0.25, -0.2) is 4.98 Å². The van der Waals surface area contributed by atoms with Gasteiger partial charge in [-0.15, -0.1) is 22.7 Å². The van der Waals surface area contributed by atoms with E-state index < -0.39 is 0 Å². The highest BCUT2D eigenvalue weighted by Crippen LogP contribution is 2.28. The number of amides is 1. The summed E-state index contributed by atoms with van der Waals surface area (Å²) in [5.41, 5.74) is 2.67. The Labute approximate surface area is 188 Å². The van der Waals surface area contributed by atoms with E-state index >= 15 is 0 Å². The Bertz CT molecular complexity index is 1160. The monoisotopic (exact) mass is 451 g/mol. The van der Waals surface area contributed by atoms with Crippen LogP contribution in [0.1, 0.15) is 21.9 Å². The summed E-state index contributed by atoms with van der Waals surface area (Å²) in [4.78, 5) is 27.1. The number of thiazole rings is 1. The summed E-state index contributed by atoms with van der Waals surface area (Å²) < 4.78 is 5.44. The molecule has 0 saturated carbocycles. The van der Waals surface area contributed by atoms with Crippen LogP contribution in [0.25, 0.3) is 21.3 Å². The van der Waals surface area contributed by atoms with Crippen LogP contribution < -0.4 is 0 Å². The number of hydrogen-bond donors (Lipinski definition) is 0. The van der Waals surface area contributed by atoms with Crippen LogP contribution in [-0.4, -0.2) is 57.0 Å². The van der Waals surface area contributed by atoms with Gasteiger partial charge < -0.3 is 9.42 Å². The molecule has 7 nitrogen and oxygen atoms in total. The van der Waals surface area contributed by atoms with E-state index in [9.17, 15) is 4.79 Å². The molecular weight excluding hydrogens is 430 g/mol. The second-order valence-corrected chi connectivity index (χ2v) is 9.27. The number of benzene rings is 1. The molecule has 0 radical (unpaired) electrons. The number of aryl methyl sites for hydroxylation is 1. The van der Waals surface area contributed by atoms with Crippen LogP contribution in [0.3, 0.4) is 0 Å². The minimum Gasteiger partial charge on any atom is -0.338 e. The Morgan fingerprint density at radius 3 is 2.61 bits per heavy atom. The Morgan fingerprint density at radius 2 is 1.87 bits per heavy atom. The molecule has 1 saturated heterocycles. The van der Waals surface area contributed by atoms with E-state index in [2.05, 4.69) is 20.0 Å². The summed E-state index contributed by atoms with van der Waals surface area (Å²) in [6, 6.07) is 12.1. The summed E-state index contributed by atoms with van der Waals surface area (Å²) in [6.45, 7) is 5.46. The number of hydrogen-bond acceptors (Lipinski definition) is 8. The summed E-state index contributed by atoms with van der Waals surface area (Å²) in [5, 5.41) is 8.88. The van der Waals surface area contributed by atoms with E-state index in [1.54, 1.807) is 11.3 Å². The van der Waals surface area contributed by atoms with E-state index in [0.717, 1.165) is 28.5 Å². The van der Waals surface area contributed by atoms with Gasteiger partial charge in [-0.1, -0.05) is 41.1 Å². The van der Waals surface area contributed by atoms with Crippen LogP contribution in [0.5, 0.6) is 0 Å². The number of piperazine rings is 1. The fourth-order valence-corrected chi connectivity index (χ4v) is 5.09. The lowest BCUT2D eigenvalue weighted by atomic mass is 10.1. The second kappa shape index (κ2) is 8.70. The SMILES string of the molecule is Cc1ccc(-c2noc(CN3CCN(C(=O)c4csc(-c5cccs5)n4)CC3)n2)cc1. The molecular formula is C22H21N5O2S2. The Balaban J connectivity index is 1.16. The first-order valence-electron chi connectivity index (χ1n) is 10.1. The second-order valence-electron chi connectivity index (χ2n) is 7.46. The molecule has 0 aliphatic carbocycles. The van der Waals surface area contributed by atoms with Gasteiger partial charge in [-0.3, -0.25) is 9.69 Å². The van der Waals surface area contributed by atoms with E-state index in [4.69, 9.17) is 4.52 Å². The molecule has 0 unspecified atom stereocenters. The van der Waals surface area contributed by atoms with Crippen molar-refractivity contribution >= 4 is 28.6 Å². The van der Waals surface area contributed by atoms with Gasteiger partial charge in [0.25, 0.3) is 5.91 Å². The third-order valence-electron chi connectivity index (χ3n) is 5.25. The van der Waals surface area contributed by atoms with Crippen molar-refractivity contribution in [3.05, 3.63) is 64.3 Å². The number of nitrogens with zero attached hydrogens (tertiary/aromatic N) is 5. The molecule has 1 fully saturated rings. The maximum atomic E-state index is 12.8. The van der Waals surface area contributed by atoms with Crippen molar-refractivity contribution in [2.45, 2.75) is 13.5 Å². The summed E-state index contributed by atoms with van der Waals surface area (Å²) in [5.74, 6) is 1.20. The van der Waals surface area contributed by atoms with Crippen molar-refractivity contribution in [1.29, 1.82) is 0 Å². The van der Waals surface area contributed by atoms with Gasteiger partial charge in [-0.05, 0) is 18.4 Å². The zero-order valence-corrected chi connectivity index (χ0v) is 18.7. The Kier molecular flexibility index (Phi) is 5.63. The lowest BCUT2D eigenvalue weighted by Gasteiger charge is -2.33. The molecule has 31 heavy (non-hydrogen) atoms. The van der Waals surface area contributed by atoms with E-state index in [-0.39, 0.29) is 5.91 Å². The van der Waals surface area contributed by atoms with Crippen molar-refractivity contribution in [3.63, 3.8) is 0 Å². The predicted octanol–water partition coefficient (Wildman–Crippen LogP) is 4.19. The highest BCUT2D eigenvalue weighted by Gasteiger charge is 2.25. The highest BCUT2D eigenvalue weighted by atomic mass is 32.1. The van der Waals surface area contributed by atoms with Crippen LogP contribution in [0.15, 0.2) is 51.7 Å². The molecule has 3 aromatic heterocycles.